The predicted molar refractivity (Wildman–Crippen MR) is 130 cm³/mol. The first-order chi connectivity index (χ1) is 16.7. The molecule has 0 saturated carbocycles. The summed E-state index contributed by atoms with van der Waals surface area (Å²) in [5.41, 5.74) is 3.49. The molecule has 4 aromatic rings. The van der Waals surface area contributed by atoms with Crippen molar-refractivity contribution >= 4 is 11.8 Å². The minimum absolute atomic E-state index is 0.0545. The van der Waals surface area contributed by atoms with E-state index >= 15 is 0 Å². The molecule has 2 heterocycles. The van der Waals surface area contributed by atoms with E-state index in [0.717, 1.165) is 42.6 Å². The van der Waals surface area contributed by atoms with E-state index in [9.17, 15) is 9.18 Å². The predicted octanol–water partition coefficient (Wildman–Crippen LogP) is 5.92. The first-order valence-corrected chi connectivity index (χ1v) is 11.6. The lowest BCUT2D eigenvalue weighted by Crippen LogP contribution is -2.31. The Kier molecular flexibility index (Phi) is 6.38. The SMILES string of the molecule is O=C(c1ccccc1F)N(Cc1ccccc1)Cc1c(-c2ccccc2)noc1N1CCCC1. The number of aromatic nitrogens is 1. The van der Waals surface area contributed by atoms with Crippen LogP contribution in [0.1, 0.15) is 34.3 Å². The molecular formula is C28H26FN3O2. The standard InChI is InChI=1S/C28H26FN3O2/c29-25-16-8-7-15-23(25)27(33)32(19-21-11-3-1-4-12-21)20-24-26(22-13-5-2-6-14-22)30-34-28(24)31-17-9-10-18-31/h1-8,11-16H,9-10,17-20H2. The molecule has 0 radical (unpaired) electrons. The summed E-state index contributed by atoms with van der Waals surface area (Å²) in [6.07, 6.45) is 2.17. The summed E-state index contributed by atoms with van der Waals surface area (Å²) in [4.78, 5) is 17.5. The third kappa shape index (κ3) is 4.57. The van der Waals surface area contributed by atoms with Crippen molar-refractivity contribution in [3.05, 3.63) is 107 Å². The summed E-state index contributed by atoms with van der Waals surface area (Å²) in [5.74, 6) is -0.204. The number of nitrogens with zero attached hydrogens (tertiary/aromatic N) is 3. The molecule has 1 aromatic heterocycles. The van der Waals surface area contributed by atoms with Crippen molar-refractivity contribution in [1.82, 2.24) is 10.1 Å². The summed E-state index contributed by atoms with van der Waals surface area (Å²) in [7, 11) is 0. The summed E-state index contributed by atoms with van der Waals surface area (Å²) in [5, 5.41) is 4.41. The van der Waals surface area contributed by atoms with Crippen LogP contribution in [0.2, 0.25) is 0 Å². The minimum Gasteiger partial charge on any atom is -0.340 e. The van der Waals surface area contributed by atoms with E-state index in [2.05, 4.69) is 10.1 Å². The number of benzene rings is 3. The zero-order valence-electron chi connectivity index (χ0n) is 18.9. The molecule has 0 atom stereocenters. The van der Waals surface area contributed by atoms with Crippen molar-refractivity contribution < 1.29 is 13.7 Å². The van der Waals surface area contributed by atoms with Crippen LogP contribution in [0.3, 0.4) is 0 Å². The van der Waals surface area contributed by atoms with Gasteiger partial charge in [-0.15, -0.1) is 0 Å². The lowest BCUT2D eigenvalue weighted by Gasteiger charge is -2.25. The largest absolute Gasteiger partial charge is 0.340 e. The molecule has 0 spiro atoms. The fourth-order valence-electron chi connectivity index (χ4n) is 4.43. The molecule has 0 unspecified atom stereocenters. The number of rotatable bonds is 7. The quantitative estimate of drug-likeness (QED) is 0.347. The van der Waals surface area contributed by atoms with Crippen LogP contribution >= 0.6 is 0 Å². The molecular weight excluding hydrogens is 429 g/mol. The zero-order chi connectivity index (χ0) is 23.3. The normalized spacial score (nSPS) is 13.3. The number of halogens is 1. The topological polar surface area (TPSA) is 49.6 Å². The van der Waals surface area contributed by atoms with Gasteiger partial charge in [0.15, 0.2) is 0 Å². The van der Waals surface area contributed by atoms with Crippen LogP contribution in [0.4, 0.5) is 10.3 Å². The summed E-state index contributed by atoms with van der Waals surface area (Å²) < 4.78 is 20.5. The lowest BCUT2D eigenvalue weighted by atomic mass is 10.1. The van der Waals surface area contributed by atoms with Gasteiger partial charge in [0.25, 0.3) is 5.91 Å². The van der Waals surface area contributed by atoms with Gasteiger partial charge in [0.1, 0.15) is 11.5 Å². The molecule has 0 bridgehead atoms. The van der Waals surface area contributed by atoms with Crippen LogP contribution in [0.25, 0.3) is 11.3 Å². The molecule has 1 amide bonds. The maximum atomic E-state index is 14.6. The molecule has 1 aliphatic heterocycles. The Morgan fingerprint density at radius 3 is 2.24 bits per heavy atom. The van der Waals surface area contributed by atoms with Gasteiger partial charge in [-0.3, -0.25) is 4.79 Å². The lowest BCUT2D eigenvalue weighted by molar-refractivity contribution is 0.0725. The Balaban J connectivity index is 1.56. The van der Waals surface area contributed by atoms with Gasteiger partial charge in [0, 0.05) is 25.2 Å². The number of carbonyl (C=O) groups is 1. The van der Waals surface area contributed by atoms with Gasteiger partial charge in [-0.05, 0) is 30.5 Å². The number of hydrogen-bond acceptors (Lipinski definition) is 4. The second-order valence-electron chi connectivity index (χ2n) is 8.50. The van der Waals surface area contributed by atoms with E-state index < -0.39 is 5.82 Å². The third-order valence-corrected chi connectivity index (χ3v) is 6.16. The first kappa shape index (κ1) is 21.9. The molecule has 172 valence electrons. The highest BCUT2D eigenvalue weighted by molar-refractivity contribution is 5.94. The van der Waals surface area contributed by atoms with Crippen LogP contribution < -0.4 is 4.90 Å². The monoisotopic (exact) mass is 455 g/mol. The molecule has 3 aromatic carbocycles. The molecule has 1 fully saturated rings. The van der Waals surface area contributed by atoms with Gasteiger partial charge in [-0.25, -0.2) is 4.39 Å². The molecule has 5 nitrogen and oxygen atoms in total. The Labute approximate surface area is 198 Å². The van der Waals surface area contributed by atoms with Crippen molar-refractivity contribution in [2.45, 2.75) is 25.9 Å². The maximum Gasteiger partial charge on any atom is 0.257 e. The minimum atomic E-state index is -0.529. The van der Waals surface area contributed by atoms with Gasteiger partial charge >= 0.3 is 0 Å². The molecule has 34 heavy (non-hydrogen) atoms. The van der Waals surface area contributed by atoms with Crippen molar-refractivity contribution in [3.8, 4) is 11.3 Å². The summed E-state index contributed by atoms with van der Waals surface area (Å²) >= 11 is 0. The van der Waals surface area contributed by atoms with Crippen molar-refractivity contribution in [2.24, 2.45) is 0 Å². The molecule has 0 N–H and O–H groups in total. The first-order valence-electron chi connectivity index (χ1n) is 11.6. The molecule has 0 aliphatic carbocycles. The molecule has 6 heteroatoms. The van der Waals surface area contributed by atoms with Crippen molar-refractivity contribution in [3.63, 3.8) is 0 Å². The van der Waals surface area contributed by atoms with E-state index in [1.165, 1.54) is 12.1 Å². The number of carbonyl (C=O) groups excluding carboxylic acids is 1. The zero-order valence-corrected chi connectivity index (χ0v) is 18.9. The average Bonchev–Trinajstić information content (AvgIpc) is 3.55. The molecule has 1 saturated heterocycles. The van der Waals surface area contributed by atoms with Crippen molar-refractivity contribution in [1.29, 1.82) is 0 Å². The van der Waals surface area contributed by atoms with Crippen LogP contribution in [0, 0.1) is 5.82 Å². The highest BCUT2D eigenvalue weighted by atomic mass is 19.1. The fourth-order valence-corrected chi connectivity index (χ4v) is 4.43. The maximum absolute atomic E-state index is 14.6. The van der Waals surface area contributed by atoms with E-state index in [-0.39, 0.29) is 18.0 Å². The number of hydrogen-bond donors (Lipinski definition) is 0. The van der Waals surface area contributed by atoms with Crippen LogP contribution in [-0.2, 0) is 13.1 Å². The third-order valence-electron chi connectivity index (χ3n) is 6.16. The fraction of sp³-hybridized carbons (Fsp3) is 0.214. The van der Waals surface area contributed by atoms with Crippen LogP contribution in [-0.4, -0.2) is 29.1 Å². The second kappa shape index (κ2) is 9.91. The van der Waals surface area contributed by atoms with Gasteiger partial charge in [0.2, 0.25) is 5.88 Å². The Morgan fingerprint density at radius 1 is 0.882 bits per heavy atom. The molecule has 1 aliphatic rings. The van der Waals surface area contributed by atoms with Crippen LogP contribution in [0.15, 0.2) is 89.5 Å². The number of anilines is 1. The van der Waals surface area contributed by atoms with Gasteiger partial charge in [-0.1, -0.05) is 78.0 Å². The smallest absolute Gasteiger partial charge is 0.257 e. The van der Waals surface area contributed by atoms with Gasteiger partial charge in [0.05, 0.1) is 17.7 Å². The highest BCUT2D eigenvalue weighted by Crippen LogP contribution is 2.34. The van der Waals surface area contributed by atoms with E-state index in [0.29, 0.717) is 18.1 Å². The average molecular weight is 456 g/mol. The Bertz CT molecular complexity index is 1250. The van der Waals surface area contributed by atoms with Gasteiger partial charge in [-0.2, -0.15) is 0 Å². The molecule has 5 rings (SSSR count). The van der Waals surface area contributed by atoms with Crippen molar-refractivity contribution in [2.75, 3.05) is 18.0 Å². The number of amides is 1. The highest BCUT2D eigenvalue weighted by Gasteiger charge is 2.28. The Hall–Kier alpha value is -3.93. The van der Waals surface area contributed by atoms with Crippen LogP contribution in [0.5, 0.6) is 0 Å². The summed E-state index contributed by atoms with van der Waals surface area (Å²) in [6.45, 7) is 2.36. The van der Waals surface area contributed by atoms with Gasteiger partial charge < -0.3 is 14.3 Å². The van der Waals surface area contributed by atoms with E-state index in [1.807, 2.05) is 60.7 Å². The summed E-state index contributed by atoms with van der Waals surface area (Å²) in [6, 6.07) is 25.7. The van der Waals surface area contributed by atoms with E-state index in [1.54, 1.807) is 17.0 Å². The van der Waals surface area contributed by atoms with E-state index in [4.69, 9.17) is 4.52 Å². The Morgan fingerprint density at radius 2 is 1.53 bits per heavy atom. The second-order valence-corrected chi connectivity index (χ2v) is 8.50.